The molecule has 0 unspecified atom stereocenters. The molecule has 2 aromatic rings. The molecule has 0 atom stereocenters. The fraction of sp³-hybridized carbons (Fsp3) is 0.364. The Kier molecular flexibility index (Phi) is 2.87. The molecule has 80 valence electrons. The summed E-state index contributed by atoms with van der Waals surface area (Å²) in [5, 5.41) is 5.28. The monoisotopic (exact) mass is 205 g/mol. The second-order valence-electron chi connectivity index (χ2n) is 3.32. The second kappa shape index (κ2) is 4.31. The van der Waals surface area contributed by atoms with Crippen LogP contribution in [-0.4, -0.2) is 23.0 Å². The minimum Gasteiger partial charge on any atom is -0.382 e. The molecule has 2 N–H and O–H groups in total. The maximum absolute atomic E-state index is 5.81. The molecule has 0 saturated heterocycles. The van der Waals surface area contributed by atoms with E-state index >= 15 is 0 Å². The molecule has 0 aliphatic heterocycles. The van der Waals surface area contributed by atoms with E-state index in [1.165, 1.54) is 0 Å². The average Bonchev–Trinajstić information content (AvgIpc) is 2.58. The van der Waals surface area contributed by atoms with Crippen LogP contribution >= 0.6 is 0 Å². The quantitative estimate of drug-likeness (QED) is 0.772. The molecular weight excluding hydrogens is 190 g/mol. The summed E-state index contributed by atoms with van der Waals surface area (Å²) in [4.78, 5) is 0. The van der Waals surface area contributed by atoms with Gasteiger partial charge in [-0.25, -0.2) is 0 Å². The second-order valence-corrected chi connectivity index (χ2v) is 3.32. The molecular formula is C11H15N3O. The van der Waals surface area contributed by atoms with E-state index in [2.05, 4.69) is 5.10 Å². The van der Waals surface area contributed by atoms with Gasteiger partial charge in [0.15, 0.2) is 5.82 Å². The first-order valence-electron chi connectivity index (χ1n) is 5.11. The van der Waals surface area contributed by atoms with Crippen molar-refractivity contribution in [3.8, 4) is 0 Å². The minimum atomic E-state index is 0.585. The molecule has 1 aromatic heterocycles. The fourth-order valence-corrected chi connectivity index (χ4v) is 1.62. The van der Waals surface area contributed by atoms with Crippen molar-refractivity contribution in [1.82, 2.24) is 9.78 Å². The topological polar surface area (TPSA) is 53.1 Å². The number of para-hydroxylation sites is 1. The Morgan fingerprint density at radius 1 is 1.40 bits per heavy atom. The lowest BCUT2D eigenvalue weighted by Crippen LogP contribution is -2.07. The van der Waals surface area contributed by atoms with Crippen molar-refractivity contribution >= 4 is 16.7 Å². The SMILES string of the molecule is CCOCCn1nc(N)c2ccccc21. The Hall–Kier alpha value is -1.55. The Labute approximate surface area is 88.6 Å². The van der Waals surface area contributed by atoms with Gasteiger partial charge < -0.3 is 10.5 Å². The largest absolute Gasteiger partial charge is 0.382 e. The lowest BCUT2D eigenvalue weighted by atomic mass is 10.2. The molecule has 0 aliphatic rings. The summed E-state index contributed by atoms with van der Waals surface area (Å²) >= 11 is 0. The molecule has 2 rings (SSSR count). The Balaban J connectivity index is 2.27. The van der Waals surface area contributed by atoms with Gasteiger partial charge in [0.05, 0.1) is 18.7 Å². The third kappa shape index (κ3) is 1.94. The number of anilines is 1. The number of ether oxygens (including phenoxy) is 1. The standard InChI is InChI=1S/C11H15N3O/c1-2-15-8-7-14-10-6-4-3-5-9(10)11(12)13-14/h3-6H,2,7-8H2,1H3,(H2,12,13). The predicted molar refractivity (Wildman–Crippen MR) is 60.6 cm³/mol. The number of hydrogen-bond donors (Lipinski definition) is 1. The summed E-state index contributed by atoms with van der Waals surface area (Å²) in [7, 11) is 0. The van der Waals surface area contributed by atoms with Gasteiger partial charge in [-0.1, -0.05) is 12.1 Å². The van der Waals surface area contributed by atoms with Gasteiger partial charge in [0.1, 0.15) is 0 Å². The molecule has 0 aliphatic carbocycles. The summed E-state index contributed by atoms with van der Waals surface area (Å²) in [5.41, 5.74) is 6.87. The Morgan fingerprint density at radius 3 is 3.00 bits per heavy atom. The maximum atomic E-state index is 5.81. The van der Waals surface area contributed by atoms with Crippen LogP contribution < -0.4 is 5.73 Å². The highest BCUT2D eigenvalue weighted by Gasteiger charge is 2.05. The van der Waals surface area contributed by atoms with Crippen LogP contribution in [0.25, 0.3) is 10.9 Å². The number of benzene rings is 1. The zero-order chi connectivity index (χ0) is 10.7. The maximum Gasteiger partial charge on any atom is 0.153 e. The van der Waals surface area contributed by atoms with Crippen molar-refractivity contribution in [2.45, 2.75) is 13.5 Å². The number of fused-ring (bicyclic) bond motifs is 1. The summed E-state index contributed by atoms with van der Waals surface area (Å²) in [5.74, 6) is 0.585. The first-order chi connectivity index (χ1) is 7.33. The average molecular weight is 205 g/mol. The zero-order valence-electron chi connectivity index (χ0n) is 8.81. The molecule has 15 heavy (non-hydrogen) atoms. The summed E-state index contributed by atoms with van der Waals surface area (Å²) in [6.45, 7) is 4.12. The van der Waals surface area contributed by atoms with Crippen LogP contribution in [0, 0.1) is 0 Å². The van der Waals surface area contributed by atoms with Crippen molar-refractivity contribution in [3.05, 3.63) is 24.3 Å². The van der Waals surface area contributed by atoms with Gasteiger partial charge in [0, 0.05) is 12.0 Å². The van der Waals surface area contributed by atoms with Crippen LogP contribution in [0.2, 0.25) is 0 Å². The van der Waals surface area contributed by atoms with E-state index in [-0.39, 0.29) is 0 Å². The molecule has 4 nitrogen and oxygen atoms in total. The van der Waals surface area contributed by atoms with Crippen molar-refractivity contribution in [3.63, 3.8) is 0 Å². The first kappa shape index (κ1) is 9.98. The molecule has 0 bridgehead atoms. The molecule has 4 heteroatoms. The number of nitrogen functional groups attached to an aromatic ring is 1. The van der Waals surface area contributed by atoms with Gasteiger partial charge in [0.2, 0.25) is 0 Å². The van der Waals surface area contributed by atoms with E-state index in [1.54, 1.807) is 0 Å². The third-order valence-corrected chi connectivity index (χ3v) is 2.34. The lowest BCUT2D eigenvalue weighted by molar-refractivity contribution is 0.137. The molecule has 0 radical (unpaired) electrons. The fourth-order valence-electron chi connectivity index (χ4n) is 1.62. The van der Waals surface area contributed by atoms with Crippen LogP contribution in [0.15, 0.2) is 24.3 Å². The van der Waals surface area contributed by atoms with E-state index in [4.69, 9.17) is 10.5 Å². The molecule has 0 fully saturated rings. The van der Waals surface area contributed by atoms with Gasteiger partial charge in [-0.2, -0.15) is 5.10 Å². The lowest BCUT2D eigenvalue weighted by Gasteiger charge is -2.02. The van der Waals surface area contributed by atoms with Crippen LogP contribution in [-0.2, 0) is 11.3 Å². The summed E-state index contributed by atoms with van der Waals surface area (Å²) in [6.07, 6.45) is 0. The van der Waals surface area contributed by atoms with Crippen molar-refractivity contribution in [2.75, 3.05) is 18.9 Å². The van der Waals surface area contributed by atoms with E-state index in [0.29, 0.717) is 12.4 Å². The highest BCUT2D eigenvalue weighted by atomic mass is 16.5. The van der Waals surface area contributed by atoms with Gasteiger partial charge in [-0.05, 0) is 19.1 Å². The zero-order valence-corrected chi connectivity index (χ0v) is 8.81. The molecule has 1 heterocycles. The van der Waals surface area contributed by atoms with E-state index in [9.17, 15) is 0 Å². The van der Waals surface area contributed by atoms with Crippen molar-refractivity contribution < 1.29 is 4.74 Å². The normalized spacial score (nSPS) is 11.0. The Bertz CT molecular complexity index is 450. The van der Waals surface area contributed by atoms with Gasteiger partial charge in [-0.3, -0.25) is 4.68 Å². The first-order valence-corrected chi connectivity index (χ1v) is 5.11. The Morgan fingerprint density at radius 2 is 2.20 bits per heavy atom. The van der Waals surface area contributed by atoms with Crippen LogP contribution in [0.3, 0.4) is 0 Å². The number of hydrogen-bond acceptors (Lipinski definition) is 3. The molecule has 0 saturated carbocycles. The predicted octanol–water partition coefficient (Wildman–Crippen LogP) is 1.65. The van der Waals surface area contributed by atoms with E-state index < -0.39 is 0 Å². The van der Waals surface area contributed by atoms with E-state index in [0.717, 1.165) is 24.1 Å². The van der Waals surface area contributed by atoms with Crippen molar-refractivity contribution in [2.24, 2.45) is 0 Å². The minimum absolute atomic E-state index is 0.585. The molecule has 1 aromatic carbocycles. The number of aromatic nitrogens is 2. The van der Waals surface area contributed by atoms with Crippen LogP contribution in [0.5, 0.6) is 0 Å². The van der Waals surface area contributed by atoms with Gasteiger partial charge in [-0.15, -0.1) is 0 Å². The van der Waals surface area contributed by atoms with Crippen molar-refractivity contribution in [1.29, 1.82) is 0 Å². The van der Waals surface area contributed by atoms with Gasteiger partial charge >= 0.3 is 0 Å². The summed E-state index contributed by atoms with van der Waals surface area (Å²) < 4.78 is 7.18. The highest BCUT2D eigenvalue weighted by molar-refractivity contribution is 5.88. The van der Waals surface area contributed by atoms with Gasteiger partial charge in [0.25, 0.3) is 0 Å². The summed E-state index contributed by atoms with van der Waals surface area (Å²) in [6, 6.07) is 7.95. The van der Waals surface area contributed by atoms with Crippen LogP contribution in [0.4, 0.5) is 5.82 Å². The number of nitrogens with two attached hydrogens (primary N) is 1. The number of nitrogens with zero attached hydrogens (tertiary/aromatic N) is 2. The third-order valence-electron chi connectivity index (χ3n) is 2.34. The van der Waals surface area contributed by atoms with Crippen LogP contribution in [0.1, 0.15) is 6.92 Å². The number of rotatable bonds is 4. The smallest absolute Gasteiger partial charge is 0.153 e. The molecule has 0 spiro atoms. The van der Waals surface area contributed by atoms with E-state index in [1.807, 2.05) is 35.9 Å². The highest BCUT2D eigenvalue weighted by Crippen LogP contribution is 2.19. The molecule has 0 amide bonds.